The summed E-state index contributed by atoms with van der Waals surface area (Å²) in [5.74, 6) is 0.666. The van der Waals surface area contributed by atoms with E-state index in [9.17, 15) is 18.8 Å². The highest BCUT2D eigenvalue weighted by atomic mass is 35.5. The predicted molar refractivity (Wildman–Crippen MR) is 158 cm³/mol. The molecule has 0 amide bonds. The molecule has 1 aliphatic heterocycles. The number of imidazole rings is 1. The first-order chi connectivity index (χ1) is 19.6. The van der Waals surface area contributed by atoms with Crippen LogP contribution in [-0.4, -0.2) is 69.4 Å². The van der Waals surface area contributed by atoms with Gasteiger partial charge in [-0.2, -0.15) is 5.26 Å². The zero-order valence-electron chi connectivity index (χ0n) is 22.9. The smallest absolute Gasteiger partial charge is 0.223 e. The van der Waals surface area contributed by atoms with Crippen LogP contribution in [0.4, 0.5) is 5.95 Å². The van der Waals surface area contributed by atoms with Crippen molar-refractivity contribution in [1.29, 1.82) is 5.26 Å². The third-order valence-corrected chi connectivity index (χ3v) is 8.84. The first-order valence-electron chi connectivity index (χ1n) is 13.5. The van der Waals surface area contributed by atoms with Gasteiger partial charge in [-0.1, -0.05) is 35.9 Å². The van der Waals surface area contributed by atoms with Gasteiger partial charge in [0.05, 0.1) is 46.6 Å². The number of aliphatic hydroxyl groups excluding tert-OH is 1. The molecular formula is C29H32ClN7O3S. The number of likely N-dealkylation sites (tertiary alicyclic amines) is 1. The van der Waals surface area contributed by atoms with Crippen molar-refractivity contribution in [2.75, 3.05) is 37.0 Å². The molecule has 0 saturated carbocycles. The van der Waals surface area contributed by atoms with E-state index in [0.29, 0.717) is 40.1 Å². The van der Waals surface area contributed by atoms with E-state index in [1.54, 1.807) is 22.7 Å². The third kappa shape index (κ3) is 6.68. The number of nitriles is 1. The third-order valence-electron chi connectivity index (χ3n) is 7.62. The number of sulfone groups is 1. The maximum atomic E-state index is 11.5. The van der Waals surface area contributed by atoms with Gasteiger partial charge in [0.1, 0.15) is 21.6 Å². The van der Waals surface area contributed by atoms with Gasteiger partial charge < -0.3 is 15.3 Å². The molecule has 4 aromatic rings. The van der Waals surface area contributed by atoms with E-state index >= 15 is 0 Å². The average molecular weight is 594 g/mol. The van der Waals surface area contributed by atoms with Crippen LogP contribution in [0.5, 0.6) is 0 Å². The quantitative estimate of drug-likeness (QED) is 0.291. The fourth-order valence-corrected chi connectivity index (χ4v) is 6.00. The molecule has 0 aliphatic carbocycles. The first kappa shape index (κ1) is 29.0. The van der Waals surface area contributed by atoms with Crippen LogP contribution in [0.3, 0.4) is 0 Å². The van der Waals surface area contributed by atoms with Crippen LogP contribution < -0.4 is 5.32 Å². The van der Waals surface area contributed by atoms with Crippen LogP contribution in [0.2, 0.25) is 5.02 Å². The van der Waals surface area contributed by atoms with Crippen LogP contribution in [0.15, 0.2) is 55.0 Å². The molecule has 4 heterocycles. The SMILES string of the molecule is C[C@H](Nc1ncc(C#N)c(-c2cnc3c(Cl)cccn23)n1)c1ccc(C(O)C2CCN(CCS(C)(=O)=O)CC2)cc1. The molecule has 2 N–H and O–H groups in total. The molecule has 0 spiro atoms. The largest absolute Gasteiger partial charge is 0.388 e. The minimum absolute atomic E-state index is 0.130. The van der Waals surface area contributed by atoms with Gasteiger partial charge in [-0.05, 0) is 62.0 Å². The normalized spacial score (nSPS) is 16.4. The second-order valence-electron chi connectivity index (χ2n) is 10.5. The fourth-order valence-electron chi connectivity index (χ4n) is 5.20. The zero-order valence-corrected chi connectivity index (χ0v) is 24.5. The molecule has 5 rings (SSSR count). The maximum absolute atomic E-state index is 11.5. The Kier molecular flexibility index (Phi) is 8.56. The summed E-state index contributed by atoms with van der Waals surface area (Å²) in [6.07, 6.45) is 7.28. The van der Waals surface area contributed by atoms with Crippen molar-refractivity contribution in [2.45, 2.75) is 31.9 Å². The van der Waals surface area contributed by atoms with Crippen molar-refractivity contribution in [3.63, 3.8) is 0 Å². The summed E-state index contributed by atoms with van der Waals surface area (Å²) < 4.78 is 24.7. The average Bonchev–Trinajstić information content (AvgIpc) is 3.41. The van der Waals surface area contributed by atoms with Gasteiger partial charge in [0.15, 0.2) is 5.65 Å². The number of piperidine rings is 1. The first-order valence-corrected chi connectivity index (χ1v) is 15.9. The molecule has 1 fully saturated rings. The molecule has 2 atom stereocenters. The lowest BCUT2D eigenvalue weighted by atomic mass is 9.87. The van der Waals surface area contributed by atoms with E-state index in [4.69, 9.17) is 11.6 Å². The van der Waals surface area contributed by atoms with Crippen molar-refractivity contribution < 1.29 is 13.5 Å². The lowest BCUT2D eigenvalue weighted by Crippen LogP contribution is -2.38. The molecular weight excluding hydrogens is 562 g/mol. The summed E-state index contributed by atoms with van der Waals surface area (Å²) in [4.78, 5) is 15.5. The van der Waals surface area contributed by atoms with Gasteiger partial charge in [-0.3, -0.25) is 4.40 Å². The summed E-state index contributed by atoms with van der Waals surface area (Å²) in [6.45, 7) is 4.10. The number of aliphatic hydroxyl groups is 1. The Hall–Kier alpha value is -3.56. The van der Waals surface area contributed by atoms with Crippen molar-refractivity contribution in [2.24, 2.45) is 5.92 Å². The van der Waals surface area contributed by atoms with Crippen LogP contribution >= 0.6 is 11.6 Å². The number of hydrogen-bond donors (Lipinski definition) is 2. The molecule has 1 unspecified atom stereocenters. The minimum atomic E-state index is -2.98. The number of hydrogen-bond acceptors (Lipinski definition) is 9. The van der Waals surface area contributed by atoms with Crippen molar-refractivity contribution in [3.05, 3.63) is 76.7 Å². The molecule has 0 bridgehead atoms. The van der Waals surface area contributed by atoms with E-state index in [1.165, 1.54) is 12.5 Å². The highest BCUT2D eigenvalue weighted by Crippen LogP contribution is 2.32. The lowest BCUT2D eigenvalue weighted by Gasteiger charge is -2.34. The maximum Gasteiger partial charge on any atom is 0.223 e. The molecule has 12 heteroatoms. The molecule has 41 heavy (non-hydrogen) atoms. The Morgan fingerprint density at radius 2 is 1.85 bits per heavy atom. The highest BCUT2D eigenvalue weighted by molar-refractivity contribution is 7.90. The van der Waals surface area contributed by atoms with Gasteiger partial charge >= 0.3 is 0 Å². The van der Waals surface area contributed by atoms with E-state index in [-0.39, 0.29) is 17.7 Å². The Balaban J connectivity index is 1.24. The number of aromatic nitrogens is 4. The summed E-state index contributed by atoms with van der Waals surface area (Å²) in [5.41, 5.74) is 3.84. The van der Waals surface area contributed by atoms with Gasteiger partial charge in [-0.25, -0.2) is 23.4 Å². The molecule has 1 saturated heterocycles. The van der Waals surface area contributed by atoms with E-state index in [0.717, 1.165) is 37.1 Å². The van der Waals surface area contributed by atoms with Crippen molar-refractivity contribution >= 4 is 33.0 Å². The van der Waals surface area contributed by atoms with E-state index < -0.39 is 15.9 Å². The van der Waals surface area contributed by atoms with Gasteiger partial charge in [0.2, 0.25) is 5.95 Å². The molecule has 10 nitrogen and oxygen atoms in total. The Morgan fingerprint density at radius 1 is 1.15 bits per heavy atom. The standard InChI is InChI=1S/C29H32ClN7O3S/c1-19(20-5-7-21(8-6-20)27(38)22-9-12-36(13-10-22)14-15-41(2,39)40)34-29-33-17-23(16-31)26(35-29)25-18-32-28-24(30)4-3-11-37(25)28/h3-8,11,17-19,22,27,38H,9-10,12-15H2,1-2H3,(H,33,34,35)/t19-,27?/m0/s1. The summed E-state index contributed by atoms with van der Waals surface area (Å²) in [6, 6.07) is 13.4. The second-order valence-corrected chi connectivity index (χ2v) is 13.2. The number of pyridine rings is 1. The minimum Gasteiger partial charge on any atom is -0.388 e. The fraction of sp³-hybridized carbons (Fsp3) is 0.379. The van der Waals surface area contributed by atoms with Crippen molar-refractivity contribution in [3.8, 4) is 17.5 Å². The Labute approximate surface area is 244 Å². The number of benzene rings is 1. The summed E-state index contributed by atoms with van der Waals surface area (Å²) in [5, 5.41) is 24.5. The van der Waals surface area contributed by atoms with Gasteiger partial charge in [-0.15, -0.1) is 0 Å². The molecule has 3 aromatic heterocycles. The zero-order chi connectivity index (χ0) is 29.1. The van der Waals surface area contributed by atoms with Crippen LogP contribution in [0.1, 0.15) is 48.6 Å². The summed E-state index contributed by atoms with van der Waals surface area (Å²) in [7, 11) is -2.98. The molecule has 0 radical (unpaired) electrons. The molecule has 1 aliphatic rings. The number of nitrogens with zero attached hydrogens (tertiary/aromatic N) is 6. The molecule has 214 valence electrons. The number of nitrogens with one attached hydrogen (secondary N) is 1. The predicted octanol–water partition coefficient (Wildman–Crippen LogP) is 4.28. The Morgan fingerprint density at radius 3 is 2.54 bits per heavy atom. The van der Waals surface area contributed by atoms with Crippen molar-refractivity contribution in [1.82, 2.24) is 24.3 Å². The number of fused-ring (bicyclic) bond motifs is 1. The molecule has 1 aromatic carbocycles. The monoisotopic (exact) mass is 593 g/mol. The van der Waals surface area contributed by atoms with E-state index in [1.807, 2.05) is 37.4 Å². The number of rotatable bonds is 9. The van der Waals surface area contributed by atoms with E-state index in [2.05, 4.69) is 31.2 Å². The Bertz CT molecular complexity index is 1680. The van der Waals surface area contributed by atoms with Crippen LogP contribution in [0.25, 0.3) is 17.0 Å². The highest BCUT2D eigenvalue weighted by Gasteiger charge is 2.27. The van der Waals surface area contributed by atoms with Gasteiger partial charge in [0, 0.05) is 19.0 Å². The topological polar surface area (TPSA) is 137 Å². The van der Waals surface area contributed by atoms with Crippen LogP contribution in [0, 0.1) is 17.2 Å². The van der Waals surface area contributed by atoms with Gasteiger partial charge in [0.25, 0.3) is 0 Å². The number of halogens is 1. The number of anilines is 1. The van der Waals surface area contributed by atoms with Crippen LogP contribution in [-0.2, 0) is 9.84 Å². The summed E-state index contributed by atoms with van der Waals surface area (Å²) >= 11 is 6.28. The lowest BCUT2D eigenvalue weighted by molar-refractivity contribution is 0.0606. The second kappa shape index (κ2) is 12.1.